The molecule has 0 radical (unpaired) electrons. The van der Waals surface area contributed by atoms with Crippen LogP contribution in [0.25, 0.3) is 0 Å². The smallest absolute Gasteiger partial charge is 0.117 e. The summed E-state index contributed by atoms with van der Waals surface area (Å²) >= 11 is 12.1. The molecule has 0 aliphatic carbocycles. The van der Waals surface area contributed by atoms with Gasteiger partial charge in [0.25, 0.3) is 0 Å². The van der Waals surface area contributed by atoms with Crippen LogP contribution >= 0.6 is 23.2 Å². The topological polar surface area (TPSA) is 36.8 Å². The van der Waals surface area contributed by atoms with Crippen LogP contribution in [0.2, 0.25) is 10.0 Å². The monoisotopic (exact) mass is 318 g/mol. The number of rotatable bonds is 2. The zero-order chi connectivity index (χ0) is 12.8. The van der Waals surface area contributed by atoms with Crippen LogP contribution in [0, 0.1) is 0 Å². The van der Waals surface area contributed by atoms with Crippen molar-refractivity contribution >= 4 is 35.3 Å². The highest BCUT2D eigenvalue weighted by atomic mass is 35.5. The lowest BCUT2D eigenvalue weighted by Gasteiger charge is -2.03. The molecule has 3 nitrogen and oxygen atoms in total. The van der Waals surface area contributed by atoms with Gasteiger partial charge in [-0.25, -0.2) is 0 Å². The van der Waals surface area contributed by atoms with Gasteiger partial charge in [-0.3, -0.25) is 10.4 Å². The fraction of sp³-hybridized carbons (Fsp3) is 0.385. The molecule has 1 aliphatic heterocycles. The molecule has 2 rings (SSSR count). The minimum atomic E-state index is 0. The molecular formula is C13H15Cl3N3-. The van der Waals surface area contributed by atoms with E-state index >= 15 is 0 Å². The molecule has 0 spiro atoms. The molecule has 1 heterocycles. The van der Waals surface area contributed by atoms with Gasteiger partial charge in [-0.1, -0.05) is 35.7 Å². The molecule has 6 heteroatoms. The summed E-state index contributed by atoms with van der Waals surface area (Å²) in [5.74, 6) is 0.937. The number of aliphatic imine (C=N–C) groups is 1. The van der Waals surface area contributed by atoms with Crippen molar-refractivity contribution in [2.24, 2.45) is 10.1 Å². The summed E-state index contributed by atoms with van der Waals surface area (Å²) in [4.78, 5) is 4.43. The molecule has 1 N–H and O–H groups in total. The highest BCUT2D eigenvalue weighted by Gasteiger charge is 2.04. The zero-order valence-electron chi connectivity index (χ0n) is 10.4. The molecule has 0 saturated carbocycles. The van der Waals surface area contributed by atoms with Crippen molar-refractivity contribution in [1.29, 1.82) is 0 Å². The van der Waals surface area contributed by atoms with Crippen LogP contribution in [0.1, 0.15) is 31.2 Å². The van der Waals surface area contributed by atoms with E-state index in [1.54, 1.807) is 18.3 Å². The highest BCUT2D eigenvalue weighted by molar-refractivity contribution is 6.38. The summed E-state index contributed by atoms with van der Waals surface area (Å²) in [7, 11) is 0. The first-order chi connectivity index (χ1) is 8.77. The SMILES string of the molecule is Clc1cccc(Cl)c1/C=N/NC1=NCCCCC1.[Cl-]. The Balaban J connectivity index is 0.00000180. The number of amidine groups is 1. The third-order valence-electron chi connectivity index (χ3n) is 2.76. The van der Waals surface area contributed by atoms with Crippen molar-refractivity contribution in [3.05, 3.63) is 33.8 Å². The minimum absolute atomic E-state index is 0. The molecule has 0 fully saturated rings. The Morgan fingerprint density at radius 3 is 2.63 bits per heavy atom. The Hall–Kier alpha value is -0.770. The first kappa shape index (κ1) is 16.3. The second-order valence-electron chi connectivity index (χ2n) is 4.14. The van der Waals surface area contributed by atoms with Gasteiger partial charge in [0.1, 0.15) is 5.84 Å². The normalized spacial score (nSPS) is 15.6. The molecular weight excluding hydrogens is 305 g/mol. The van der Waals surface area contributed by atoms with Crippen molar-refractivity contribution in [3.63, 3.8) is 0 Å². The number of hydrazone groups is 1. The van der Waals surface area contributed by atoms with E-state index in [4.69, 9.17) is 23.2 Å². The van der Waals surface area contributed by atoms with Gasteiger partial charge in [-0.05, 0) is 25.0 Å². The second-order valence-corrected chi connectivity index (χ2v) is 4.96. The molecule has 1 aromatic carbocycles. The number of halogens is 3. The van der Waals surface area contributed by atoms with Crippen LogP contribution < -0.4 is 17.8 Å². The zero-order valence-corrected chi connectivity index (χ0v) is 12.6. The van der Waals surface area contributed by atoms with Crippen LogP contribution in [0.5, 0.6) is 0 Å². The lowest BCUT2D eigenvalue weighted by molar-refractivity contribution is -0.00000358. The minimum Gasteiger partial charge on any atom is -1.00 e. The average Bonchev–Trinajstić information content (AvgIpc) is 2.61. The molecule has 19 heavy (non-hydrogen) atoms. The van der Waals surface area contributed by atoms with Crippen LogP contribution in [-0.2, 0) is 0 Å². The van der Waals surface area contributed by atoms with Gasteiger partial charge in [0.05, 0.1) is 16.3 Å². The Bertz CT molecular complexity index is 452. The lowest BCUT2D eigenvalue weighted by Crippen LogP contribution is -3.00. The molecule has 1 aromatic rings. The predicted octanol–water partition coefficient (Wildman–Crippen LogP) is 0.893. The Morgan fingerprint density at radius 2 is 1.89 bits per heavy atom. The van der Waals surface area contributed by atoms with Crippen molar-refractivity contribution < 1.29 is 12.4 Å². The molecule has 0 unspecified atom stereocenters. The third-order valence-corrected chi connectivity index (χ3v) is 3.42. The summed E-state index contributed by atoms with van der Waals surface area (Å²) in [5, 5.41) is 5.34. The van der Waals surface area contributed by atoms with E-state index in [2.05, 4.69) is 15.5 Å². The number of benzene rings is 1. The second kappa shape index (κ2) is 8.41. The number of hydrogen-bond acceptors (Lipinski definition) is 3. The van der Waals surface area contributed by atoms with E-state index in [0.717, 1.165) is 37.2 Å². The summed E-state index contributed by atoms with van der Waals surface area (Å²) in [6, 6.07) is 5.39. The predicted molar refractivity (Wildman–Crippen MR) is 78.0 cm³/mol. The summed E-state index contributed by atoms with van der Waals surface area (Å²) in [5.41, 5.74) is 3.69. The molecule has 104 valence electrons. The van der Waals surface area contributed by atoms with E-state index in [1.165, 1.54) is 6.42 Å². The maximum atomic E-state index is 6.04. The van der Waals surface area contributed by atoms with Gasteiger partial charge in [-0.15, -0.1) is 0 Å². The van der Waals surface area contributed by atoms with Crippen molar-refractivity contribution in [3.8, 4) is 0 Å². The van der Waals surface area contributed by atoms with E-state index in [1.807, 2.05) is 6.07 Å². The van der Waals surface area contributed by atoms with E-state index in [-0.39, 0.29) is 12.4 Å². The van der Waals surface area contributed by atoms with E-state index in [0.29, 0.717) is 10.0 Å². The molecule has 0 saturated heterocycles. The molecule has 0 bridgehead atoms. The lowest BCUT2D eigenvalue weighted by atomic mass is 10.2. The fourth-order valence-electron chi connectivity index (χ4n) is 1.77. The Morgan fingerprint density at radius 1 is 1.16 bits per heavy atom. The average molecular weight is 320 g/mol. The van der Waals surface area contributed by atoms with Crippen molar-refractivity contribution in [2.45, 2.75) is 25.7 Å². The quantitative estimate of drug-likeness (QED) is 0.638. The van der Waals surface area contributed by atoms with Gasteiger partial charge < -0.3 is 12.4 Å². The maximum absolute atomic E-state index is 6.04. The van der Waals surface area contributed by atoms with Crippen molar-refractivity contribution in [2.75, 3.05) is 6.54 Å². The van der Waals surface area contributed by atoms with E-state index < -0.39 is 0 Å². The van der Waals surface area contributed by atoms with Gasteiger partial charge in [0, 0.05) is 18.5 Å². The van der Waals surface area contributed by atoms with Gasteiger partial charge in [-0.2, -0.15) is 5.10 Å². The van der Waals surface area contributed by atoms with Crippen LogP contribution in [-0.4, -0.2) is 18.6 Å². The van der Waals surface area contributed by atoms with Crippen LogP contribution in [0.3, 0.4) is 0 Å². The molecule has 0 atom stereocenters. The first-order valence-corrected chi connectivity index (χ1v) is 6.79. The molecule has 1 aliphatic rings. The van der Waals surface area contributed by atoms with Crippen LogP contribution in [0.4, 0.5) is 0 Å². The van der Waals surface area contributed by atoms with E-state index in [9.17, 15) is 0 Å². The summed E-state index contributed by atoms with van der Waals surface area (Å²) in [6.45, 7) is 0.880. The summed E-state index contributed by atoms with van der Waals surface area (Å²) in [6.07, 6.45) is 6.14. The maximum Gasteiger partial charge on any atom is 0.117 e. The van der Waals surface area contributed by atoms with Gasteiger partial charge >= 0.3 is 0 Å². The fourth-order valence-corrected chi connectivity index (χ4v) is 2.27. The molecule has 0 amide bonds. The van der Waals surface area contributed by atoms with Crippen molar-refractivity contribution in [1.82, 2.24) is 5.43 Å². The first-order valence-electron chi connectivity index (χ1n) is 6.04. The largest absolute Gasteiger partial charge is 1.00 e. The number of nitrogens with zero attached hydrogens (tertiary/aromatic N) is 2. The number of nitrogens with one attached hydrogen (secondary N) is 1. The third kappa shape index (κ3) is 5.01. The molecule has 0 aromatic heterocycles. The van der Waals surface area contributed by atoms with Gasteiger partial charge in [0.15, 0.2) is 0 Å². The number of hydrogen-bond donors (Lipinski definition) is 1. The Kier molecular flexibility index (Phi) is 7.21. The highest BCUT2D eigenvalue weighted by Crippen LogP contribution is 2.22. The standard InChI is InChI=1S/C13H15Cl2N3.ClH/c14-11-5-4-6-12(15)10(11)9-17-18-13-7-2-1-3-8-16-13;/h4-6,9H,1-3,7-8H2,(H,16,18);1H/p-1/b17-9+;. The van der Waals surface area contributed by atoms with Gasteiger partial charge in [0.2, 0.25) is 0 Å². The Labute approximate surface area is 129 Å². The van der Waals surface area contributed by atoms with Crippen LogP contribution in [0.15, 0.2) is 28.3 Å². The summed E-state index contributed by atoms with van der Waals surface area (Å²) < 4.78 is 0.